The summed E-state index contributed by atoms with van der Waals surface area (Å²) in [6.45, 7) is 7.69. The third-order valence-electron chi connectivity index (χ3n) is 9.35. The molecule has 0 saturated heterocycles. The molecule has 0 spiro atoms. The van der Waals surface area contributed by atoms with Crippen LogP contribution in [0.3, 0.4) is 0 Å². The lowest BCUT2D eigenvalue weighted by Gasteiger charge is -2.61. The molecule has 6 nitrogen and oxygen atoms in total. The van der Waals surface area contributed by atoms with Crippen molar-refractivity contribution in [3.05, 3.63) is 0 Å². The van der Waals surface area contributed by atoms with E-state index in [2.05, 4.69) is 13.8 Å². The predicted molar refractivity (Wildman–Crippen MR) is 110 cm³/mol. The SMILES string of the molecule is CC(=O)O[C@H]1C[C@@H]2CC[C@@H]3[C@H](CC[C@@]4(C)[C@H]3C[C@H](N)[C@@H]4OC(C)=O)[C@@]2(C)C[C@@H]1N. The summed E-state index contributed by atoms with van der Waals surface area (Å²) in [5, 5.41) is 0. The van der Waals surface area contributed by atoms with Crippen molar-refractivity contribution in [1.29, 1.82) is 0 Å². The Morgan fingerprint density at radius 3 is 2.21 bits per heavy atom. The van der Waals surface area contributed by atoms with Crippen LogP contribution in [0.25, 0.3) is 0 Å². The molecule has 0 unspecified atom stereocenters. The fraction of sp³-hybridized carbons (Fsp3) is 0.913. The monoisotopic (exact) mass is 406 g/mol. The van der Waals surface area contributed by atoms with Gasteiger partial charge in [-0.15, -0.1) is 0 Å². The molecule has 4 rings (SSSR count). The van der Waals surface area contributed by atoms with Gasteiger partial charge in [-0.05, 0) is 74.0 Å². The van der Waals surface area contributed by atoms with Crippen molar-refractivity contribution in [1.82, 2.24) is 0 Å². The lowest BCUT2D eigenvalue weighted by molar-refractivity contribution is -0.170. The maximum absolute atomic E-state index is 11.7. The first kappa shape index (κ1) is 21.1. The molecule has 0 aromatic heterocycles. The maximum Gasteiger partial charge on any atom is 0.302 e. The van der Waals surface area contributed by atoms with Gasteiger partial charge in [-0.3, -0.25) is 9.59 Å². The van der Waals surface area contributed by atoms with Gasteiger partial charge in [0.2, 0.25) is 0 Å². The van der Waals surface area contributed by atoms with Crippen LogP contribution in [-0.2, 0) is 19.1 Å². The average molecular weight is 407 g/mol. The summed E-state index contributed by atoms with van der Waals surface area (Å²) in [7, 11) is 0. The Morgan fingerprint density at radius 2 is 1.55 bits per heavy atom. The van der Waals surface area contributed by atoms with Gasteiger partial charge < -0.3 is 20.9 Å². The molecule has 0 aromatic carbocycles. The molecule has 0 bridgehead atoms. The van der Waals surface area contributed by atoms with E-state index >= 15 is 0 Å². The Labute approximate surface area is 174 Å². The van der Waals surface area contributed by atoms with Gasteiger partial charge in [0.05, 0.1) is 0 Å². The Morgan fingerprint density at radius 1 is 0.862 bits per heavy atom. The first-order valence-electron chi connectivity index (χ1n) is 11.4. The van der Waals surface area contributed by atoms with Gasteiger partial charge in [-0.1, -0.05) is 13.8 Å². The fourth-order valence-electron chi connectivity index (χ4n) is 8.13. The van der Waals surface area contributed by atoms with Gasteiger partial charge in [-0.25, -0.2) is 0 Å². The molecular weight excluding hydrogens is 368 g/mol. The third-order valence-corrected chi connectivity index (χ3v) is 9.35. The molecule has 0 aromatic rings. The van der Waals surface area contributed by atoms with E-state index < -0.39 is 0 Å². The zero-order valence-corrected chi connectivity index (χ0v) is 18.4. The molecule has 4 fully saturated rings. The molecule has 4 aliphatic carbocycles. The zero-order chi connectivity index (χ0) is 21.1. The van der Waals surface area contributed by atoms with Gasteiger partial charge in [0.15, 0.2) is 0 Å². The quantitative estimate of drug-likeness (QED) is 0.683. The second-order valence-corrected chi connectivity index (χ2v) is 10.9. The highest BCUT2D eigenvalue weighted by molar-refractivity contribution is 5.66. The summed E-state index contributed by atoms with van der Waals surface area (Å²) in [6, 6.07) is -0.160. The van der Waals surface area contributed by atoms with Crippen LogP contribution in [0, 0.1) is 34.5 Å². The van der Waals surface area contributed by atoms with E-state index in [1.807, 2.05) is 0 Å². The highest BCUT2D eigenvalue weighted by Gasteiger charge is 2.63. The maximum atomic E-state index is 11.7. The van der Waals surface area contributed by atoms with Crippen molar-refractivity contribution in [2.24, 2.45) is 46.0 Å². The van der Waals surface area contributed by atoms with Crippen LogP contribution < -0.4 is 11.5 Å². The number of nitrogens with two attached hydrogens (primary N) is 2. The summed E-state index contributed by atoms with van der Waals surface area (Å²) < 4.78 is 11.3. The number of ether oxygens (including phenoxy) is 2. The van der Waals surface area contributed by atoms with Crippen molar-refractivity contribution in [3.8, 4) is 0 Å². The molecule has 4 aliphatic rings. The van der Waals surface area contributed by atoms with Gasteiger partial charge in [0, 0.05) is 31.3 Å². The van der Waals surface area contributed by atoms with Crippen LogP contribution in [0.4, 0.5) is 0 Å². The van der Waals surface area contributed by atoms with Crippen molar-refractivity contribution in [2.45, 2.75) is 96.9 Å². The minimum Gasteiger partial charge on any atom is -0.461 e. The lowest BCUT2D eigenvalue weighted by atomic mass is 9.44. The normalized spacial score (nSPS) is 51.4. The number of fused-ring (bicyclic) bond motifs is 5. The van der Waals surface area contributed by atoms with Crippen LogP contribution in [-0.4, -0.2) is 36.2 Å². The second-order valence-electron chi connectivity index (χ2n) is 10.9. The minimum atomic E-state index is -0.229. The van der Waals surface area contributed by atoms with Crippen molar-refractivity contribution < 1.29 is 19.1 Å². The van der Waals surface area contributed by atoms with E-state index in [1.165, 1.54) is 20.3 Å². The van der Waals surface area contributed by atoms with Gasteiger partial charge in [0.1, 0.15) is 12.2 Å². The first-order valence-corrected chi connectivity index (χ1v) is 11.4. The van der Waals surface area contributed by atoms with E-state index in [9.17, 15) is 9.59 Å². The van der Waals surface area contributed by atoms with E-state index in [0.717, 1.165) is 38.5 Å². The standard InChI is InChI=1S/C23H38N2O4/c1-12(26)28-20-9-14-5-6-15-16(23(14,4)11-19(20)25)7-8-22(3)17(15)10-18(24)21(22)29-13(2)27/h14-21H,5-11,24-25H2,1-4H3/t14-,15+,16-,17-,18-,19-,20-,21-,22-,23-/m0/s1. The molecule has 6 heteroatoms. The molecule has 0 amide bonds. The Bertz CT molecular complexity index is 684. The second kappa shape index (κ2) is 7.23. The highest BCUT2D eigenvalue weighted by Crippen LogP contribution is 2.66. The average Bonchev–Trinajstić information content (AvgIpc) is 2.86. The van der Waals surface area contributed by atoms with Crippen molar-refractivity contribution >= 4 is 11.9 Å². The molecular formula is C23H38N2O4. The van der Waals surface area contributed by atoms with Gasteiger partial charge in [-0.2, -0.15) is 0 Å². The lowest BCUT2D eigenvalue weighted by Crippen LogP contribution is -2.59. The van der Waals surface area contributed by atoms with E-state index in [1.54, 1.807) is 0 Å². The summed E-state index contributed by atoms with van der Waals surface area (Å²) in [5.74, 6) is 1.83. The van der Waals surface area contributed by atoms with E-state index in [-0.39, 0.29) is 47.1 Å². The van der Waals surface area contributed by atoms with Crippen LogP contribution in [0.15, 0.2) is 0 Å². The van der Waals surface area contributed by atoms with Crippen LogP contribution in [0.1, 0.15) is 72.6 Å². The molecule has 164 valence electrons. The Hall–Kier alpha value is -1.14. The number of carbonyl (C=O) groups excluding carboxylic acids is 2. The molecule has 4 saturated carbocycles. The van der Waals surface area contributed by atoms with Crippen molar-refractivity contribution in [3.63, 3.8) is 0 Å². The molecule has 29 heavy (non-hydrogen) atoms. The number of hydrogen-bond acceptors (Lipinski definition) is 6. The largest absolute Gasteiger partial charge is 0.461 e. The third kappa shape index (κ3) is 3.31. The predicted octanol–water partition coefficient (Wildman–Crippen LogP) is 2.77. The van der Waals surface area contributed by atoms with E-state index in [0.29, 0.717) is 23.7 Å². The topological polar surface area (TPSA) is 105 Å². The van der Waals surface area contributed by atoms with Gasteiger partial charge >= 0.3 is 11.9 Å². The molecule has 0 radical (unpaired) electrons. The summed E-state index contributed by atoms with van der Waals surface area (Å²) in [4.78, 5) is 23.2. The smallest absolute Gasteiger partial charge is 0.302 e. The molecule has 0 aliphatic heterocycles. The van der Waals surface area contributed by atoms with Gasteiger partial charge in [0.25, 0.3) is 0 Å². The highest BCUT2D eigenvalue weighted by atomic mass is 16.5. The van der Waals surface area contributed by atoms with E-state index in [4.69, 9.17) is 20.9 Å². The molecule has 10 atom stereocenters. The Kier molecular flexibility index (Phi) is 5.26. The number of hydrogen-bond donors (Lipinski definition) is 2. The summed E-state index contributed by atoms with van der Waals surface area (Å²) >= 11 is 0. The molecule has 4 N–H and O–H groups in total. The fourth-order valence-corrected chi connectivity index (χ4v) is 8.13. The van der Waals surface area contributed by atoms with Crippen molar-refractivity contribution in [2.75, 3.05) is 0 Å². The summed E-state index contributed by atoms with van der Waals surface area (Å²) in [5.41, 5.74) is 13.2. The summed E-state index contributed by atoms with van der Waals surface area (Å²) in [6.07, 6.45) is 6.96. The zero-order valence-electron chi connectivity index (χ0n) is 18.4. The Balaban J connectivity index is 1.56. The number of rotatable bonds is 2. The molecule has 0 heterocycles. The van der Waals surface area contributed by atoms with Crippen LogP contribution >= 0.6 is 0 Å². The van der Waals surface area contributed by atoms with Crippen LogP contribution in [0.5, 0.6) is 0 Å². The minimum absolute atomic E-state index is 0.0213. The number of esters is 2. The first-order chi connectivity index (χ1) is 13.6. The van der Waals surface area contributed by atoms with Crippen LogP contribution in [0.2, 0.25) is 0 Å². The number of carbonyl (C=O) groups is 2.